The number of carbonyl (C=O) groups is 4. The van der Waals surface area contributed by atoms with E-state index in [0.29, 0.717) is 25.0 Å². The number of methoxy groups -OCH3 is 2. The van der Waals surface area contributed by atoms with Gasteiger partial charge in [-0.25, -0.2) is 26.0 Å². The number of H-pyrrole nitrogens is 2. The third kappa shape index (κ3) is 25.0. The van der Waals surface area contributed by atoms with E-state index in [1.165, 1.54) is 25.7 Å². The summed E-state index contributed by atoms with van der Waals surface area (Å²) in [5.74, 6) is 0.288. The molecule has 96 heavy (non-hydrogen) atoms. The highest BCUT2D eigenvalue weighted by Crippen LogP contribution is 2.38. The number of benzene rings is 4. The molecular weight excluding hydrogens is 1330 g/mol. The number of carboxylic acids is 2. The van der Waals surface area contributed by atoms with Gasteiger partial charge in [0.2, 0.25) is 11.8 Å². The Bertz CT molecular complexity index is 4170. The van der Waals surface area contributed by atoms with E-state index < -0.39 is 64.5 Å². The summed E-state index contributed by atoms with van der Waals surface area (Å²) in [7, 11) is -11.8. The number of likely N-dealkylation sites (tertiary alicyclic amines) is 2. The van der Waals surface area contributed by atoms with Crippen LogP contribution in [-0.4, -0.2) is 196 Å². The Kier molecular flexibility index (Phi) is 27.3. The average Bonchev–Trinajstić information content (AvgIpc) is 1.56. The number of rotatable bonds is 21. The number of aliphatic carboxylic acids is 2. The van der Waals surface area contributed by atoms with Crippen LogP contribution in [0.1, 0.15) is 62.5 Å². The number of amides is 2. The molecule has 0 aliphatic carbocycles. The minimum atomic E-state index is -3.92. The SMILES string of the molecule is COc1ccc2[nH]c3c(CNC(=O)[C@@H](N)CCC(=O)O)cc4cc[n+](CCN5CCC(C6CCN(CC[n+]7ccc8cc(CNC(=O)[C@@H](N)CCC(=O)O)c9[nH]c%10ccc(OC)cc%10c9c8c7)CC6)CC5)cc4c3c2c1.CS(=O)(=O)O.CS(=O)(=O)O.CS(=O)(=O)[O-].CS(=O)(=O)[O-]. The third-order valence-electron chi connectivity index (χ3n) is 16.2. The van der Waals surface area contributed by atoms with Gasteiger partial charge in [0.15, 0.2) is 37.9 Å². The van der Waals surface area contributed by atoms with Gasteiger partial charge in [-0.2, -0.15) is 16.8 Å². The Hall–Kier alpha value is -7.74. The fourth-order valence-electron chi connectivity index (χ4n) is 11.7. The third-order valence-corrected chi connectivity index (χ3v) is 16.2. The van der Waals surface area contributed by atoms with Gasteiger partial charge in [-0.1, -0.05) is 0 Å². The van der Waals surface area contributed by atoms with Gasteiger partial charge < -0.3 is 60.9 Å². The van der Waals surface area contributed by atoms with Crippen molar-refractivity contribution in [3.05, 3.63) is 96.6 Å². The van der Waals surface area contributed by atoms with Gasteiger partial charge in [0.25, 0.3) is 20.2 Å². The maximum Gasteiger partial charge on any atom is 0.303 e. The predicted molar refractivity (Wildman–Crippen MR) is 358 cm³/mol. The summed E-state index contributed by atoms with van der Waals surface area (Å²) in [5, 5.41) is 32.5. The molecule has 10 rings (SSSR count). The molecule has 4 aromatic heterocycles. The number of piperidine rings is 2. The van der Waals surface area contributed by atoms with Crippen molar-refractivity contribution in [2.45, 2.75) is 89.6 Å². The molecule has 0 spiro atoms. The summed E-state index contributed by atoms with van der Waals surface area (Å²) in [6.45, 7) is 8.58. The molecule has 12 N–H and O–H groups in total. The molecule has 6 heterocycles. The maximum atomic E-state index is 12.9. The normalized spacial score (nSPS) is 15.1. The molecule has 526 valence electrons. The van der Waals surface area contributed by atoms with Crippen LogP contribution in [0.2, 0.25) is 0 Å². The Balaban J connectivity index is 0.000000639. The van der Waals surface area contributed by atoms with Crippen LogP contribution in [0.4, 0.5) is 0 Å². The van der Waals surface area contributed by atoms with Crippen molar-refractivity contribution in [2.24, 2.45) is 23.3 Å². The lowest BCUT2D eigenvalue weighted by atomic mass is 9.79. The Morgan fingerprint density at radius 1 is 0.573 bits per heavy atom. The second kappa shape index (κ2) is 34.0. The minimum absolute atomic E-state index is 0.0684. The van der Waals surface area contributed by atoms with Crippen molar-refractivity contribution in [2.75, 3.05) is 78.5 Å². The van der Waals surface area contributed by atoms with Gasteiger partial charge in [0.05, 0.1) is 93.9 Å². The summed E-state index contributed by atoms with van der Waals surface area (Å²) in [5.41, 5.74) is 17.7. The molecule has 0 saturated carbocycles. The Labute approximate surface area is 556 Å². The van der Waals surface area contributed by atoms with E-state index in [1.807, 2.05) is 36.4 Å². The highest BCUT2D eigenvalue weighted by Gasteiger charge is 2.31. The van der Waals surface area contributed by atoms with Crippen molar-refractivity contribution in [1.29, 1.82) is 0 Å². The maximum absolute atomic E-state index is 12.9. The van der Waals surface area contributed by atoms with Gasteiger partial charge >= 0.3 is 11.9 Å². The van der Waals surface area contributed by atoms with Crippen LogP contribution < -0.4 is 40.7 Å². The fraction of sp³-hybridized carbons (Fsp3) is 0.452. The van der Waals surface area contributed by atoms with Gasteiger partial charge in [-0.3, -0.25) is 38.1 Å². The van der Waals surface area contributed by atoms with E-state index >= 15 is 0 Å². The first-order valence-corrected chi connectivity index (χ1v) is 37.6. The lowest BCUT2D eigenvalue weighted by Gasteiger charge is -2.39. The van der Waals surface area contributed by atoms with Crippen molar-refractivity contribution < 1.29 is 99.9 Å². The fourth-order valence-corrected chi connectivity index (χ4v) is 11.7. The van der Waals surface area contributed by atoms with E-state index in [4.69, 9.17) is 66.2 Å². The molecule has 2 fully saturated rings. The Morgan fingerprint density at radius 2 is 0.896 bits per heavy atom. The number of pyridine rings is 2. The van der Waals surface area contributed by atoms with Crippen LogP contribution >= 0.6 is 0 Å². The summed E-state index contributed by atoms with van der Waals surface area (Å²) in [6, 6.07) is 18.7. The first-order valence-electron chi connectivity index (χ1n) is 30.3. The average molecular weight is 1420 g/mol. The number of aromatic nitrogens is 4. The zero-order valence-corrected chi connectivity index (χ0v) is 57.3. The van der Waals surface area contributed by atoms with E-state index in [-0.39, 0.29) is 50.6 Å². The van der Waals surface area contributed by atoms with Crippen LogP contribution in [0.15, 0.2) is 85.5 Å². The molecule has 2 aliphatic heterocycles. The van der Waals surface area contributed by atoms with E-state index in [2.05, 4.69) is 88.6 Å². The van der Waals surface area contributed by atoms with Gasteiger partial charge in [-0.15, -0.1) is 0 Å². The van der Waals surface area contributed by atoms with Crippen molar-refractivity contribution in [3.8, 4) is 11.5 Å². The van der Waals surface area contributed by atoms with E-state index in [9.17, 15) is 36.0 Å². The summed E-state index contributed by atoms with van der Waals surface area (Å²) in [4.78, 5) is 60.3. The van der Waals surface area contributed by atoms with E-state index in [0.717, 1.165) is 152 Å². The van der Waals surface area contributed by atoms with Crippen LogP contribution in [0.5, 0.6) is 11.5 Å². The first kappa shape index (κ1) is 77.3. The summed E-state index contributed by atoms with van der Waals surface area (Å²) < 4.78 is 122. The molecular formula is C62H84N10O20S4. The molecule has 2 saturated heterocycles. The van der Waals surface area contributed by atoms with E-state index in [1.54, 1.807) is 14.2 Å². The largest absolute Gasteiger partial charge is 0.748 e. The van der Waals surface area contributed by atoms with Crippen molar-refractivity contribution in [1.82, 2.24) is 30.4 Å². The molecule has 0 unspecified atom stereocenters. The summed E-state index contributed by atoms with van der Waals surface area (Å²) >= 11 is 0. The zero-order chi connectivity index (χ0) is 71.0. The number of aromatic amines is 2. The minimum Gasteiger partial charge on any atom is -0.748 e. The lowest BCUT2D eigenvalue weighted by Crippen LogP contribution is -2.46. The van der Waals surface area contributed by atoms with Crippen LogP contribution in [0, 0.1) is 11.8 Å². The second-order valence-electron chi connectivity index (χ2n) is 23.8. The first-order chi connectivity index (χ1) is 44.8. The molecule has 2 atom stereocenters. The van der Waals surface area contributed by atoms with Crippen LogP contribution in [0.25, 0.3) is 65.2 Å². The van der Waals surface area contributed by atoms with Crippen molar-refractivity contribution in [3.63, 3.8) is 0 Å². The van der Waals surface area contributed by atoms with Crippen molar-refractivity contribution >= 4 is 129 Å². The second-order valence-corrected chi connectivity index (χ2v) is 29.5. The number of nitrogens with zero attached hydrogens (tertiary/aromatic N) is 4. The monoisotopic (exact) mass is 1420 g/mol. The molecule has 2 aliphatic rings. The molecule has 0 radical (unpaired) electrons. The smallest absolute Gasteiger partial charge is 0.303 e. The quantitative estimate of drug-likeness (QED) is 0.0365. The number of nitrogens with two attached hydrogens (primary N) is 2. The topological polar surface area (TPSA) is 472 Å². The number of carbonyl (C=O) groups excluding carboxylic acids is 2. The van der Waals surface area contributed by atoms with Crippen LogP contribution in [-0.2, 0) is 85.8 Å². The molecule has 4 aromatic carbocycles. The zero-order valence-electron chi connectivity index (χ0n) is 54.0. The molecule has 30 nitrogen and oxygen atoms in total. The number of fused-ring (bicyclic) bond motifs is 10. The van der Waals surface area contributed by atoms with Gasteiger partial charge in [0.1, 0.15) is 11.5 Å². The molecule has 0 bridgehead atoms. The summed E-state index contributed by atoms with van der Waals surface area (Å²) in [6.07, 6.45) is 16.1. The highest BCUT2D eigenvalue weighted by atomic mass is 32.2. The molecule has 2 amide bonds. The number of ether oxygens (including phenoxy) is 2. The van der Waals surface area contributed by atoms with Gasteiger partial charge in [-0.05, 0) is 147 Å². The predicted octanol–water partition coefficient (Wildman–Crippen LogP) is 2.93. The number of hydrogen-bond donors (Lipinski definition) is 10. The number of hydrogen-bond acceptors (Lipinski definition) is 20. The lowest BCUT2D eigenvalue weighted by molar-refractivity contribution is -0.695. The Morgan fingerprint density at radius 3 is 1.20 bits per heavy atom. The van der Waals surface area contributed by atoms with Gasteiger partial charge in [0, 0.05) is 83.2 Å². The van der Waals surface area contributed by atoms with Crippen LogP contribution in [0.3, 0.4) is 0 Å². The molecule has 8 aromatic rings. The number of nitrogens with one attached hydrogen (secondary N) is 4. The molecule has 34 heteroatoms. The highest BCUT2D eigenvalue weighted by molar-refractivity contribution is 7.85. The standard InChI is InChI=1S/C58H68N10O8.4CH4O3S/c1-75-41-3-7-49-43(29-41)53-45-33-67(21-15-37(45)27-39(55(53)63-49)31-61-57(73)47(59)5-9-51(69)70)25-23-65-17-11-35(12-18-65)36-13-19-66(20-14-36)24-26-68-22-16-38-28-40(32-62-58(74)48(60)6-10-52(71)72)56-54(46(38)34-68)44-30-42(76-2)4-8-50(44)64-56;4*1-5(2,3)4/h3-4,7-8,15-16,21-22,27-30,33-36,47-48H,5-6,9-14,17-20,23-26,31-32,59-60H2,1-2H3,(H4,61,62,69,70,71,72,73,74);4*1H3,(H,2,3,4)/t47-,48-;;;;/m0..../s1. The number of carboxylic acid groups (broad SMARTS) is 2.